The fourth-order valence-electron chi connectivity index (χ4n) is 1.81. The highest BCUT2D eigenvalue weighted by Crippen LogP contribution is 2.20. The van der Waals surface area contributed by atoms with Gasteiger partial charge in [0.15, 0.2) is 0 Å². The van der Waals surface area contributed by atoms with E-state index in [9.17, 15) is 0 Å². The SMILES string of the molecule is CCc1ccc(C)cc1CNC1CC1. The fourth-order valence-corrected chi connectivity index (χ4v) is 1.81. The molecule has 2 rings (SSSR count). The molecule has 1 N–H and O–H groups in total. The largest absolute Gasteiger partial charge is 0.310 e. The van der Waals surface area contributed by atoms with Crippen molar-refractivity contribution in [1.82, 2.24) is 5.32 Å². The van der Waals surface area contributed by atoms with Gasteiger partial charge in [0.25, 0.3) is 0 Å². The van der Waals surface area contributed by atoms with E-state index in [4.69, 9.17) is 0 Å². The summed E-state index contributed by atoms with van der Waals surface area (Å²) < 4.78 is 0. The van der Waals surface area contributed by atoms with Crippen molar-refractivity contribution in [2.45, 2.75) is 45.7 Å². The summed E-state index contributed by atoms with van der Waals surface area (Å²) in [5.74, 6) is 0. The van der Waals surface area contributed by atoms with Gasteiger partial charge in [0.2, 0.25) is 0 Å². The smallest absolute Gasteiger partial charge is 0.0210 e. The Morgan fingerprint density at radius 2 is 2.07 bits per heavy atom. The Hall–Kier alpha value is -0.820. The Bertz CT molecular complexity index is 313. The molecule has 1 saturated carbocycles. The van der Waals surface area contributed by atoms with Gasteiger partial charge in [-0.05, 0) is 37.3 Å². The molecule has 1 aromatic carbocycles. The topological polar surface area (TPSA) is 12.0 Å². The summed E-state index contributed by atoms with van der Waals surface area (Å²) >= 11 is 0. The summed E-state index contributed by atoms with van der Waals surface area (Å²) in [6, 6.07) is 7.59. The third-order valence-corrected chi connectivity index (χ3v) is 2.90. The molecule has 0 aromatic heterocycles. The van der Waals surface area contributed by atoms with Gasteiger partial charge in [-0.1, -0.05) is 30.7 Å². The summed E-state index contributed by atoms with van der Waals surface area (Å²) in [6.45, 7) is 5.45. The van der Waals surface area contributed by atoms with Crippen LogP contribution >= 0.6 is 0 Å². The molecule has 0 saturated heterocycles. The van der Waals surface area contributed by atoms with Crippen molar-refractivity contribution >= 4 is 0 Å². The standard InChI is InChI=1S/C13H19N/c1-3-11-5-4-10(2)8-12(11)9-14-13-6-7-13/h4-5,8,13-14H,3,6-7,9H2,1-2H3. The van der Waals surface area contributed by atoms with Gasteiger partial charge in [0.05, 0.1) is 0 Å². The van der Waals surface area contributed by atoms with E-state index in [2.05, 4.69) is 37.4 Å². The number of aryl methyl sites for hydroxylation is 2. The maximum absolute atomic E-state index is 3.57. The van der Waals surface area contributed by atoms with Crippen molar-refractivity contribution in [3.8, 4) is 0 Å². The van der Waals surface area contributed by atoms with E-state index in [0.717, 1.165) is 19.0 Å². The number of nitrogens with one attached hydrogen (secondary N) is 1. The number of hydrogen-bond acceptors (Lipinski definition) is 1. The third kappa shape index (κ3) is 2.36. The van der Waals surface area contributed by atoms with Crippen molar-refractivity contribution in [2.24, 2.45) is 0 Å². The quantitative estimate of drug-likeness (QED) is 0.768. The van der Waals surface area contributed by atoms with Crippen LogP contribution < -0.4 is 5.32 Å². The Morgan fingerprint density at radius 1 is 1.29 bits per heavy atom. The van der Waals surface area contributed by atoms with Gasteiger partial charge in [0.1, 0.15) is 0 Å². The summed E-state index contributed by atoms with van der Waals surface area (Å²) in [6.07, 6.45) is 3.88. The second-order valence-electron chi connectivity index (χ2n) is 4.28. The minimum Gasteiger partial charge on any atom is -0.310 e. The van der Waals surface area contributed by atoms with Crippen LogP contribution in [0.4, 0.5) is 0 Å². The Morgan fingerprint density at radius 3 is 2.71 bits per heavy atom. The molecule has 1 nitrogen and oxygen atoms in total. The minimum absolute atomic E-state index is 0.806. The van der Waals surface area contributed by atoms with Gasteiger partial charge in [0, 0.05) is 12.6 Å². The Labute approximate surface area is 86.5 Å². The molecule has 1 aliphatic rings. The van der Waals surface area contributed by atoms with Crippen LogP contribution in [0.25, 0.3) is 0 Å². The molecular weight excluding hydrogens is 170 g/mol. The molecule has 0 heterocycles. The lowest BCUT2D eigenvalue weighted by atomic mass is 10.0. The number of benzene rings is 1. The molecule has 0 aliphatic heterocycles. The van der Waals surface area contributed by atoms with Crippen molar-refractivity contribution in [2.75, 3.05) is 0 Å². The van der Waals surface area contributed by atoms with Crippen LogP contribution in [-0.4, -0.2) is 6.04 Å². The average Bonchev–Trinajstić information content (AvgIpc) is 2.98. The van der Waals surface area contributed by atoms with Gasteiger partial charge >= 0.3 is 0 Å². The van der Waals surface area contributed by atoms with Crippen molar-refractivity contribution in [1.29, 1.82) is 0 Å². The second kappa shape index (κ2) is 4.14. The molecule has 0 radical (unpaired) electrons. The van der Waals surface area contributed by atoms with E-state index < -0.39 is 0 Å². The molecule has 14 heavy (non-hydrogen) atoms. The highest BCUT2D eigenvalue weighted by molar-refractivity contribution is 5.31. The number of rotatable bonds is 4. The van der Waals surface area contributed by atoms with E-state index in [1.807, 2.05) is 0 Å². The summed E-state index contributed by atoms with van der Waals surface area (Å²) in [5.41, 5.74) is 4.35. The van der Waals surface area contributed by atoms with Gasteiger partial charge in [-0.15, -0.1) is 0 Å². The lowest BCUT2D eigenvalue weighted by Gasteiger charge is -2.09. The van der Waals surface area contributed by atoms with Crippen LogP contribution in [0.2, 0.25) is 0 Å². The summed E-state index contributed by atoms with van der Waals surface area (Å²) in [7, 11) is 0. The first-order chi connectivity index (χ1) is 6.79. The maximum Gasteiger partial charge on any atom is 0.0210 e. The van der Waals surface area contributed by atoms with E-state index in [1.165, 1.54) is 29.5 Å². The molecule has 1 aromatic rings. The highest BCUT2D eigenvalue weighted by atomic mass is 14.9. The average molecular weight is 189 g/mol. The molecule has 0 bridgehead atoms. The molecule has 1 fully saturated rings. The molecule has 1 aliphatic carbocycles. The van der Waals surface area contributed by atoms with Crippen LogP contribution in [0, 0.1) is 6.92 Å². The monoisotopic (exact) mass is 189 g/mol. The van der Waals surface area contributed by atoms with E-state index >= 15 is 0 Å². The fraction of sp³-hybridized carbons (Fsp3) is 0.538. The zero-order valence-electron chi connectivity index (χ0n) is 9.14. The van der Waals surface area contributed by atoms with Crippen LogP contribution in [-0.2, 0) is 13.0 Å². The Balaban J connectivity index is 2.07. The van der Waals surface area contributed by atoms with Gasteiger partial charge in [-0.2, -0.15) is 0 Å². The van der Waals surface area contributed by atoms with Gasteiger partial charge in [-0.25, -0.2) is 0 Å². The van der Waals surface area contributed by atoms with E-state index in [0.29, 0.717) is 0 Å². The predicted octanol–water partition coefficient (Wildman–Crippen LogP) is 2.81. The first-order valence-electron chi connectivity index (χ1n) is 5.61. The summed E-state index contributed by atoms with van der Waals surface area (Å²) in [4.78, 5) is 0. The molecule has 0 atom stereocenters. The Kier molecular flexibility index (Phi) is 2.87. The summed E-state index contributed by atoms with van der Waals surface area (Å²) in [5, 5.41) is 3.57. The van der Waals surface area contributed by atoms with Crippen LogP contribution in [0.3, 0.4) is 0 Å². The van der Waals surface area contributed by atoms with Crippen molar-refractivity contribution in [3.05, 3.63) is 34.9 Å². The second-order valence-corrected chi connectivity index (χ2v) is 4.28. The highest BCUT2D eigenvalue weighted by Gasteiger charge is 2.20. The predicted molar refractivity (Wildman–Crippen MR) is 60.4 cm³/mol. The van der Waals surface area contributed by atoms with E-state index in [1.54, 1.807) is 0 Å². The zero-order valence-corrected chi connectivity index (χ0v) is 9.14. The first-order valence-corrected chi connectivity index (χ1v) is 5.61. The number of hydrogen-bond donors (Lipinski definition) is 1. The molecular formula is C13H19N. The molecule has 76 valence electrons. The molecule has 0 unspecified atom stereocenters. The lowest BCUT2D eigenvalue weighted by molar-refractivity contribution is 0.682. The van der Waals surface area contributed by atoms with Crippen LogP contribution in [0.5, 0.6) is 0 Å². The minimum atomic E-state index is 0.806. The van der Waals surface area contributed by atoms with Gasteiger partial charge in [-0.3, -0.25) is 0 Å². The zero-order chi connectivity index (χ0) is 9.97. The van der Waals surface area contributed by atoms with Crippen LogP contribution in [0.15, 0.2) is 18.2 Å². The maximum atomic E-state index is 3.57. The van der Waals surface area contributed by atoms with Crippen LogP contribution in [0.1, 0.15) is 36.5 Å². The molecule has 0 spiro atoms. The molecule has 1 heteroatoms. The molecule has 0 amide bonds. The van der Waals surface area contributed by atoms with Gasteiger partial charge < -0.3 is 5.32 Å². The first kappa shape index (κ1) is 9.72. The normalized spacial score (nSPS) is 15.9. The van der Waals surface area contributed by atoms with Crippen molar-refractivity contribution < 1.29 is 0 Å². The van der Waals surface area contributed by atoms with Crippen molar-refractivity contribution in [3.63, 3.8) is 0 Å². The third-order valence-electron chi connectivity index (χ3n) is 2.90. The lowest BCUT2D eigenvalue weighted by Crippen LogP contribution is -2.16. The van der Waals surface area contributed by atoms with E-state index in [-0.39, 0.29) is 0 Å².